The van der Waals surface area contributed by atoms with Crippen LogP contribution < -0.4 is 10.6 Å². The highest BCUT2D eigenvalue weighted by Gasteiger charge is 2.13. The molecule has 0 saturated heterocycles. The minimum atomic E-state index is 0.0991. The predicted molar refractivity (Wildman–Crippen MR) is 84.0 cm³/mol. The molecule has 1 aliphatic rings. The molecule has 0 aliphatic heterocycles. The smallest absolute Gasteiger partial charge is 0.225 e. The Balaban J connectivity index is 1.73. The fourth-order valence-corrected chi connectivity index (χ4v) is 2.80. The first-order valence-electron chi connectivity index (χ1n) is 7.76. The number of carbonyl (C=O) groups excluding carboxylic acids is 1. The fraction of sp³-hybridized carbons (Fsp3) is 0.588. The summed E-state index contributed by atoms with van der Waals surface area (Å²) in [6.45, 7) is 4.89. The van der Waals surface area contributed by atoms with Crippen LogP contribution in [0.3, 0.4) is 0 Å². The van der Waals surface area contributed by atoms with E-state index < -0.39 is 0 Å². The largest absolute Gasteiger partial charge is 0.326 e. The first-order valence-corrected chi connectivity index (χ1v) is 7.76. The molecule has 3 heteroatoms. The number of anilines is 1. The van der Waals surface area contributed by atoms with Gasteiger partial charge in [-0.1, -0.05) is 31.4 Å². The van der Waals surface area contributed by atoms with E-state index in [1.807, 2.05) is 19.1 Å². The van der Waals surface area contributed by atoms with Crippen LogP contribution in [-0.4, -0.2) is 18.5 Å². The topological polar surface area (TPSA) is 41.1 Å². The molecule has 0 atom stereocenters. The van der Waals surface area contributed by atoms with Gasteiger partial charge in [-0.05, 0) is 43.9 Å². The minimum absolute atomic E-state index is 0.0991. The molecular weight excluding hydrogens is 248 g/mol. The summed E-state index contributed by atoms with van der Waals surface area (Å²) in [6, 6.07) is 6.64. The highest BCUT2D eigenvalue weighted by Crippen LogP contribution is 2.18. The lowest BCUT2D eigenvalue weighted by atomic mass is 9.95. The summed E-state index contributed by atoms with van der Waals surface area (Å²) >= 11 is 0. The van der Waals surface area contributed by atoms with Crippen LogP contribution in [0.25, 0.3) is 0 Å². The Kier molecular flexibility index (Phi) is 5.60. The van der Waals surface area contributed by atoms with E-state index in [1.165, 1.54) is 37.7 Å². The van der Waals surface area contributed by atoms with E-state index in [1.54, 1.807) is 0 Å². The number of carbonyl (C=O) groups is 1. The van der Waals surface area contributed by atoms with E-state index >= 15 is 0 Å². The zero-order valence-electron chi connectivity index (χ0n) is 12.7. The molecule has 0 spiro atoms. The molecule has 0 bridgehead atoms. The van der Waals surface area contributed by atoms with Crippen LogP contribution in [0.1, 0.15) is 49.7 Å². The maximum atomic E-state index is 12.0. The monoisotopic (exact) mass is 274 g/mol. The third-order valence-corrected chi connectivity index (χ3v) is 4.27. The predicted octanol–water partition coefficient (Wildman–Crippen LogP) is 3.55. The van der Waals surface area contributed by atoms with Gasteiger partial charge < -0.3 is 10.6 Å². The second-order valence-corrected chi connectivity index (χ2v) is 5.83. The molecule has 1 aliphatic carbocycles. The van der Waals surface area contributed by atoms with E-state index in [0.29, 0.717) is 12.5 Å². The van der Waals surface area contributed by atoms with Gasteiger partial charge in [0.15, 0.2) is 0 Å². The van der Waals surface area contributed by atoms with Crippen molar-refractivity contribution in [2.24, 2.45) is 0 Å². The van der Waals surface area contributed by atoms with Gasteiger partial charge in [-0.3, -0.25) is 4.79 Å². The first-order chi connectivity index (χ1) is 9.66. The molecule has 1 aromatic rings. The molecule has 20 heavy (non-hydrogen) atoms. The zero-order valence-corrected chi connectivity index (χ0v) is 12.7. The van der Waals surface area contributed by atoms with Crippen molar-refractivity contribution in [3.63, 3.8) is 0 Å². The van der Waals surface area contributed by atoms with Crippen molar-refractivity contribution >= 4 is 11.6 Å². The van der Waals surface area contributed by atoms with Crippen LogP contribution in [0.5, 0.6) is 0 Å². The number of aryl methyl sites for hydroxylation is 1. The van der Waals surface area contributed by atoms with Crippen molar-refractivity contribution < 1.29 is 4.79 Å². The maximum absolute atomic E-state index is 12.0. The number of amides is 1. The van der Waals surface area contributed by atoms with Crippen molar-refractivity contribution in [2.45, 2.75) is 58.4 Å². The number of benzene rings is 1. The van der Waals surface area contributed by atoms with E-state index in [2.05, 4.69) is 23.6 Å². The summed E-state index contributed by atoms with van der Waals surface area (Å²) in [5.41, 5.74) is 3.30. The Hall–Kier alpha value is -1.35. The minimum Gasteiger partial charge on any atom is -0.326 e. The van der Waals surface area contributed by atoms with Crippen molar-refractivity contribution in [1.82, 2.24) is 5.32 Å². The van der Waals surface area contributed by atoms with Crippen LogP contribution in [0.15, 0.2) is 18.2 Å². The quantitative estimate of drug-likeness (QED) is 0.862. The Morgan fingerprint density at radius 3 is 2.70 bits per heavy atom. The van der Waals surface area contributed by atoms with Crippen LogP contribution >= 0.6 is 0 Å². The molecule has 1 aromatic carbocycles. The Morgan fingerprint density at radius 1 is 1.20 bits per heavy atom. The fourth-order valence-electron chi connectivity index (χ4n) is 2.80. The van der Waals surface area contributed by atoms with Crippen molar-refractivity contribution in [1.29, 1.82) is 0 Å². The molecular formula is C17H26N2O. The van der Waals surface area contributed by atoms with Crippen LogP contribution in [0, 0.1) is 13.8 Å². The van der Waals surface area contributed by atoms with Gasteiger partial charge in [0.2, 0.25) is 5.91 Å². The summed E-state index contributed by atoms with van der Waals surface area (Å²) < 4.78 is 0. The summed E-state index contributed by atoms with van der Waals surface area (Å²) in [4.78, 5) is 12.0. The molecule has 1 saturated carbocycles. The average molecular weight is 274 g/mol. The van der Waals surface area contributed by atoms with Gasteiger partial charge in [0.1, 0.15) is 0 Å². The molecule has 2 rings (SSSR count). The second kappa shape index (κ2) is 7.44. The summed E-state index contributed by atoms with van der Waals surface area (Å²) in [7, 11) is 0. The molecule has 0 radical (unpaired) electrons. The van der Waals surface area contributed by atoms with Gasteiger partial charge in [0.25, 0.3) is 0 Å². The first kappa shape index (κ1) is 15.0. The van der Waals surface area contributed by atoms with Crippen LogP contribution in [0.2, 0.25) is 0 Å². The average Bonchev–Trinajstić information content (AvgIpc) is 2.45. The van der Waals surface area contributed by atoms with Gasteiger partial charge in [-0.25, -0.2) is 0 Å². The van der Waals surface area contributed by atoms with E-state index in [4.69, 9.17) is 0 Å². The lowest BCUT2D eigenvalue weighted by Gasteiger charge is -2.22. The Morgan fingerprint density at radius 2 is 1.95 bits per heavy atom. The molecule has 1 amide bonds. The standard InChI is InChI=1S/C17H26N2O/c1-13-7-6-10-16(14(13)2)19-17(20)11-12-18-15-8-4-3-5-9-15/h6-7,10,15,18H,3-5,8-9,11-12H2,1-2H3,(H,19,20). The molecule has 3 nitrogen and oxygen atoms in total. The highest BCUT2D eigenvalue weighted by molar-refractivity contribution is 5.91. The Labute approximate surface area is 122 Å². The summed E-state index contributed by atoms with van der Waals surface area (Å²) in [6.07, 6.45) is 7.09. The number of hydrogen-bond acceptors (Lipinski definition) is 2. The molecule has 2 N–H and O–H groups in total. The number of rotatable bonds is 5. The highest BCUT2D eigenvalue weighted by atomic mass is 16.1. The van der Waals surface area contributed by atoms with E-state index in [9.17, 15) is 4.79 Å². The molecule has 1 fully saturated rings. The van der Waals surface area contributed by atoms with Gasteiger partial charge >= 0.3 is 0 Å². The molecule has 110 valence electrons. The second-order valence-electron chi connectivity index (χ2n) is 5.83. The lowest BCUT2D eigenvalue weighted by molar-refractivity contribution is -0.116. The van der Waals surface area contributed by atoms with Crippen LogP contribution in [-0.2, 0) is 4.79 Å². The van der Waals surface area contributed by atoms with Gasteiger partial charge in [0, 0.05) is 24.7 Å². The zero-order chi connectivity index (χ0) is 14.4. The normalized spacial score (nSPS) is 16.1. The lowest BCUT2D eigenvalue weighted by Crippen LogP contribution is -2.33. The summed E-state index contributed by atoms with van der Waals surface area (Å²) in [5, 5.41) is 6.51. The van der Waals surface area contributed by atoms with Crippen LogP contribution in [0.4, 0.5) is 5.69 Å². The molecule has 0 heterocycles. The SMILES string of the molecule is Cc1cccc(NC(=O)CCNC2CCCCC2)c1C. The van der Waals surface area contributed by atoms with Gasteiger partial charge in [-0.15, -0.1) is 0 Å². The van der Waals surface area contributed by atoms with Gasteiger partial charge in [-0.2, -0.15) is 0 Å². The third kappa shape index (κ3) is 4.34. The van der Waals surface area contributed by atoms with Crippen molar-refractivity contribution in [2.75, 3.05) is 11.9 Å². The van der Waals surface area contributed by atoms with Gasteiger partial charge in [0.05, 0.1) is 0 Å². The number of hydrogen-bond donors (Lipinski definition) is 2. The third-order valence-electron chi connectivity index (χ3n) is 4.27. The molecule has 0 unspecified atom stereocenters. The summed E-state index contributed by atoms with van der Waals surface area (Å²) in [5.74, 6) is 0.0991. The maximum Gasteiger partial charge on any atom is 0.225 e. The van der Waals surface area contributed by atoms with E-state index in [-0.39, 0.29) is 5.91 Å². The van der Waals surface area contributed by atoms with E-state index in [0.717, 1.165) is 17.8 Å². The Bertz CT molecular complexity index is 450. The van der Waals surface area contributed by atoms with Crippen molar-refractivity contribution in [3.8, 4) is 0 Å². The molecule has 0 aromatic heterocycles. The van der Waals surface area contributed by atoms with Crippen molar-refractivity contribution in [3.05, 3.63) is 29.3 Å². The number of nitrogens with one attached hydrogen (secondary N) is 2.